The molecule has 1 aromatic carbocycles. The molecule has 4 heteroatoms. The normalized spacial score (nSPS) is 19.2. The van der Waals surface area contributed by atoms with Gasteiger partial charge in [-0.3, -0.25) is 4.90 Å². The molecule has 1 fully saturated rings. The van der Waals surface area contributed by atoms with Gasteiger partial charge in [-0.05, 0) is 50.6 Å². The smallest absolute Gasteiger partial charge is 0.124 e. The van der Waals surface area contributed by atoms with E-state index in [2.05, 4.69) is 54.6 Å². The summed E-state index contributed by atoms with van der Waals surface area (Å²) >= 11 is 0. The summed E-state index contributed by atoms with van der Waals surface area (Å²) in [6.07, 6.45) is 0. The lowest BCUT2D eigenvalue weighted by Gasteiger charge is -2.36. The van der Waals surface area contributed by atoms with Gasteiger partial charge in [0.1, 0.15) is 5.82 Å². The fourth-order valence-corrected chi connectivity index (χ4v) is 3.13. The van der Waals surface area contributed by atoms with Gasteiger partial charge in [0, 0.05) is 26.2 Å². The number of aromatic amines is 1. The number of likely N-dealkylation sites (N-methyl/N-ethyl adjacent to an activating group) is 1. The Morgan fingerprint density at radius 3 is 2.48 bits per heavy atom. The highest BCUT2D eigenvalue weighted by Gasteiger charge is 2.23. The second kappa shape index (κ2) is 5.78. The second-order valence-electron chi connectivity index (χ2n) is 6.22. The third-order valence-electron chi connectivity index (χ3n) is 4.91. The summed E-state index contributed by atoms with van der Waals surface area (Å²) in [6.45, 7) is 14.6. The van der Waals surface area contributed by atoms with Crippen molar-refractivity contribution in [2.75, 3.05) is 32.7 Å². The first kappa shape index (κ1) is 14.5. The first-order chi connectivity index (χ1) is 10.1. The van der Waals surface area contributed by atoms with Crippen LogP contribution in [0.15, 0.2) is 12.1 Å². The van der Waals surface area contributed by atoms with Crippen molar-refractivity contribution in [2.24, 2.45) is 0 Å². The summed E-state index contributed by atoms with van der Waals surface area (Å²) in [4.78, 5) is 13.4. The molecule has 4 nitrogen and oxygen atoms in total. The highest BCUT2D eigenvalue weighted by molar-refractivity contribution is 5.77. The van der Waals surface area contributed by atoms with Crippen molar-refractivity contribution in [1.29, 1.82) is 0 Å². The molecule has 1 aliphatic rings. The number of piperazine rings is 1. The summed E-state index contributed by atoms with van der Waals surface area (Å²) in [7, 11) is 0. The molecule has 1 atom stereocenters. The average molecular weight is 286 g/mol. The number of aryl methyl sites for hydroxylation is 2. The molecular weight excluding hydrogens is 260 g/mol. The first-order valence-corrected chi connectivity index (χ1v) is 8.01. The maximum Gasteiger partial charge on any atom is 0.124 e. The molecule has 1 aromatic heterocycles. The lowest BCUT2D eigenvalue weighted by atomic mass is 10.1. The van der Waals surface area contributed by atoms with Crippen LogP contribution in [0.25, 0.3) is 11.0 Å². The van der Waals surface area contributed by atoms with Gasteiger partial charge in [0.2, 0.25) is 0 Å². The zero-order valence-corrected chi connectivity index (χ0v) is 13.6. The maximum absolute atomic E-state index is 4.82. The van der Waals surface area contributed by atoms with Crippen LogP contribution in [0.5, 0.6) is 0 Å². The maximum atomic E-state index is 4.82. The van der Waals surface area contributed by atoms with Gasteiger partial charge >= 0.3 is 0 Å². The summed E-state index contributed by atoms with van der Waals surface area (Å²) in [6, 6.07) is 4.76. The van der Waals surface area contributed by atoms with E-state index in [0.29, 0.717) is 6.04 Å². The van der Waals surface area contributed by atoms with E-state index in [9.17, 15) is 0 Å². The number of benzene rings is 1. The number of fused-ring (bicyclic) bond motifs is 1. The molecule has 2 heterocycles. The van der Waals surface area contributed by atoms with Crippen LogP contribution in [0.2, 0.25) is 0 Å². The first-order valence-electron chi connectivity index (χ1n) is 8.01. The topological polar surface area (TPSA) is 35.2 Å². The van der Waals surface area contributed by atoms with Gasteiger partial charge in [0.25, 0.3) is 0 Å². The number of rotatable bonds is 3. The monoisotopic (exact) mass is 286 g/mol. The van der Waals surface area contributed by atoms with Crippen LogP contribution in [0.3, 0.4) is 0 Å². The van der Waals surface area contributed by atoms with Crippen molar-refractivity contribution in [3.8, 4) is 0 Å². The SMILES string of the molecule is CCN1CCN(C(C)c2nc3cc(C)c(C)cc3[nH]2)CC1. The number of nitrogens with one attached hydrogen (secondary N) is 1. The Morgan fingerprint density at radius 1 is 1.14 bits per heavy atom. The predicted octanol–water partition coefficient (Wildman–Crippen LogP) is 2.88. The minimum Gasteiger partial charge on any atom is -0.341 e. The number of hydrogen-bond acceptors (Lipinski definition) is 3. The third-order valence-corrected chi connectivity index (χ3v) is 4.91. The highest BCUT2D eigenvalue weighted by atomic mass is 15.3. The number of nitrogens with zero attached hydrogens (tertiary/aromatic N) is 3. The number of imidazole rings is 1. The van der Waals surface area contributed by atoms with Gasteiger partial charge in [0.05, 0.1) is 17.1 Å². The molecule has 0 spiro atoms. The molecule has 0 saturated carbocycles. The minimum atomic E-state index is 0.358. The van der Waals surface area contributed by atoms with Crippen LogP contribution in [0, 0.1) is 13.8 Å². The molecule has 114 valence electrons. The molecule has 0 aliphatic carbocycles. The summed E-state index contributed by atoms with van der Waals surface area (Å²) in [5.41, 5.74) is 4.88. The summed E-state index contributed by atoms with van der Waals surface area (Å²) in [5, 5.41) is 0. The molecule has 1 N–H and O–H groups in total. The molecular formula is C17H26N4. The lowest BCUT2D eigenvalue weighted by molar-refractivity contribution is 0.103. The zero-order chi connectivity index (χ0) is 15.0. The fraction of sp³-hybridized carbons (Fsp3) is 0.588. The number of hydrogen-bond donors (Lipinski definition) is 1. The Balaban J connectivity index is 1.80. The van der Waals surface area contributed by atoms with Crippen molar-refractivity contribution in [1.82, 2.24) is 19.8 Å². The van der Waals surface area contributed by atoms with Crippen LogP contribution >= 0.6 is 0 Å². The van der Waals surface area contributed by atoms with E-state index in [1.807, 2.05) is 0 Å². The Hall–Kier alpha value is -1.39. The van der Waals surface area contributed by atoms with Crippen molar-refractivity contribution in [3.63, 3.8) is 0 Å². The van der Waals surface area contributed by atoms with Gasteiger partial charge in [-0.2, -0.15) is 0 Å². The molecule has 2 aromatic rings. The van der Waals surface area contributed by atoms with Crippen molar-refractivity contribution in [2.45, 2.75) is 33.7 Å². The molecule has 0 amide bonds. The van der Waals surface area contributed by atoms with Crippen molar-refractivity contribution >= 4 is 11.0 Å². The van der Waals surface area contributed by atoms with Crippen LogP contribution < -0.4 is 0 Å². The Morgan fingerprint density at radius 2 is 1.81 bits per heavy atom. The number of H-pyrrole nitrogens is 1. The van der Waals surface area contributed by atoms with Crippen LogP contribution in [0.1, 0.15) is 36.8 Å². The summed E-state index contributed by atoms with van der Waals surface area (Å²) < 4.78 is 0. The molecule has 1 unspecified atom stereocenters. The van der Waals surface area contributed by atoms with Crippen LogP contribution in [-0.4, -0.2) is 52.5 Å². The Bertz CT molecular complexity index is 584. The average Bonchev–Trinajstić information content (AvgIpc) is 2.90. The van der Waals surface area contributed by atoms with E-state index in [4.69, 9.17) is 4.98 Å². The molecule has 21 heavy (non-hydrogen) atoms. The van der Waals surface area contributed by atoms with Crippen molar-refractivity contribution < 1.29 is 0 Å². The number of aromatic nitrogens is 2. The van der Waals surface area contributed by atoms with E-state index < -0.39 is 0 Å². The van der Waals surface area contributed by atoms with E-state index in [-0.39, 0.29) is 0 Å². The van der Waals surface area contributed by atoms with Gasteiger partial charge in [0.15, 0.2) is 0 Å². The molecule has 0 bridgehead atoms. The predicted molar refractivity (Wildman–Crippen MR) is 87.7 cm³/mol. The standard InChI is InChI=1S/C17H26N4/c1-5-20-6-8-21(9-7-20)14(4)17-18-15-10-12(2)13(3)11-16(15)19-17/h10-11,14H,5-9H2,1-4H3,(H,18,19). The van der Waals surface area contributed by atoms with Gasteiger partial charge < -0.3 is 9.88 Å². The molecule has 1 aliphatic heterocycles. The summed E-state index contributed by atoms with van der Waals surface area (Å²) in [5.74, 6) is 1.10. The van der Waals surface area contributed by atoms with Gasteiger partial charge in [-0.1, -0.05) is 6.92 Å². The quantitative estimate of drug-likeness (QED) is 0.942. The third kappa shape index (κ3) is 2.83. The minimum absolute atomic E-state index is 0.358. The van der Waals surface area contributed by atoms with Gasteiger partial charge in [-0.15, -0.1) is 0 Å². The second-order valence-corrected chi connectivity index (χ2v) is 6.22. The zero-order valence-electron chi connectivity index (χ0n) is 13.6. The van der Waals surface area contributed by atoms with Gasteiger partial charge in [-0.25, -0.2) is 4.98 Å². The Kier molecular flexibility index (Phi) is 4.00. The van der Waals surface area contributed by atoms with E-state index in [0.717, 1.165) is 36.5 Å². The van der Waals surface area contributed by atoms with E-state index >= 15 is 0 Å². The van der Waals surface area contributed by atoms with Crippen LogP contribution in [0.4, 0.5) is 0 Å². The lowest BCUT2D eigenvalue weighted by Crippen LogP contribution is -2.47. The fourth-order valence-electron chi connectivity index (χ4n) is 3.13. The molecule has 1 saturated heterocycles. The van der Waals surface area contributed by atoms with Crippen LogP contribution in [-0.2, 0) is 0 Å². The van der Waals surface area contributed by atoms with E-state index in [1.54, 1.807) is 0 Å². The van der Waals surface area contributed by atoms with E-state index in [1.165, 1.54) is 24.2 Å². The largest absolute Gasteiger partial charge is 0.341 e. The molecule has 3 rings (SSSR count). The van der Waals surface area contributed by atoms with Crippen molar-refractivity contribution in [3.05, 3.63) is 29.1 Å². The molecule has 0 radical (unpaired) electrons. The highest BCUT2D eigenvalue weighted by Crippen LogP contribution is 2.24. The Labute approximate surface area is 127 Å².